The molecule has 2 aliphatic rings. The molecular weight excluding hydrogens is 474 g/mol. The van der Waals surface area contributed by atoms with E-state index in [-0.39, 0.29) is 35.7 Å². The van der Waals surface area contributed by atoms with Crippen molar-refractivity contribution in [2.45, 2.75) is 31.7 Å². The second kappa shape index (κ2) is 9.57. The fraction of sp³-hybridized carbons (Fsp3) is 0.286. The summed E-state index contributed by atoms with van der Waals surface area (Å²) in [5.41, 5.74) is 3.33. The van der Waals surface area contributed by atoms with Gasteiger partial charge in [0.05, 0.1) is 36.8 Å². The summed E-state index contributed by atoms with van der Waals surface area (Å²) in [7, 11) is 3.16. The van der Waals surface area contributed by atoms with Gasteiger partial charge in [-0.1, -0.05) is 30.3 Å². The third-order valence-corrected chi connectivity index (χ3v) is 7.26. The number of nitrogens with zero attached hydrogens (tertiary/aromatic N) is 3. The average Bonchev–Trinajstić information content (AvgIpc) is 3.22. The van der Waals surface area contributed by atoms with Crippen LogP contribution in [-0.4, -0.2) is 37.5 Å². The normalized spacial score (nSPS) is 19.1. The van der Waals surface area contributed by atoms with Gasteiger partial charge in [-0.05, 0) is 54.3 Å². The second-order valence-corrected chi connectivity index (χ2v) is 9.19. The van der Waals surface area contributed by atoms with E-state index < -0.39 is 10.8 Å². The molecular formula is C28H27N3O6. The molecule has 1 saturated heterocycles. The van der Waals surface area contributed by atoms with Crippen molar-refractivity contribution < 1.29 is 24.0 Å². The number of methoxy groups -OCH3 is 2. The lowest BCUT2D eigenvalue weighted by Crippen LogP contribution is -2.34. The molecule has 190 valence electrons. The smallest absolute Gasteiger partial charge is 0.294 e. The Morgan fingerprint density at radius 2 is 1.68 bits per heavy atom. The first-order valence-corrected chi connectivity index (χ1v) is 12.1. The summed E-state index contributed by atoms with van der Waals surface area (Å²) in [6.07, 6.45) is 0.699. The van der Waals surface area contributed by atoms with Crippen LogP contribution in [0.25, 0.3) is 0 Å². The van der Waals surface area contributed by atoms with E-state index >= 15 is 0 Å². The maximum atomic E-state index is 13.2. The van der Waals surface area contributed by atoms with Crippen LogP contribution < -0.4 is 19.3 Å². The predicted octanol–water partition coefficient (Wildman–Crippen LogP) is 4.78. The summed E-state index contributed by atoms with van der Waals surface area (Å²) in [5.74, 6) is -0.107. The summed E-state index contributed by atoms with van der Waals surface area (Å²) in [6.45, 7) is 2.54. The van der Waals surface area contributed by atoms with Crippen LogP contribution in [0.15, 0.2) is 60.7 Å². The van der Waals surface area contributed by atoms with Crippen LogP contribution in [0.5, 0.6) is 11.5 Å². The van der Waals surface area contributed by atoms with E-state index in [2.05, 4.69) is 0 Å². The molecule has 1 fully saturated rings. The molecule has 3 aromatic rings. The largest absolute Gasteiger partial charge is 0.493 e. The van der Waals surface area contributed by atoms with E-state index in [1.807, 2.05) is 54.3 Å². The average molecular weight is 502 g/mol. The number of ether oxygens (including phenoxy) is 2. The van der Waals surface area contributed by atoms with Crippen LogP contribution in [0, 0.1) is 10.1 Å². The molecule has 0 aliphatic carbocycles. The highest BCUT2D eigenvalue weighted by atomic mass is 16.6. The number of hydrogen-bond acceptors (Lipinski definition) is 7. The highest BCUT2D eigenvalue weighted by Crippen LogP contribution is 2.43. The van der Waals surface area contributed by atoms with Crippen LogP contribution in [0.4, 0.5) is 17.1 Å². The number of nitro benzene ring substituents is 1. The molecule has 0 N–H and O–H groups in total. The Bertz CT molecular complexity index is 1390. The van der Waals surface area contributed by atoms with Crippen molar-refractivity contribution >= 4 is 28.9 Å². The van der Waals surface area contributed by atoms with Crippen LogP contribution in [0.2, 0.25) is 0 Å². The van der Waals surface area contributed by atoms with Gasteiger partial charge in [-0.2, -0.15) is 0 Å². The molecule has 0 radical (unpaired) electrons. The number of imide groups is 1. The third kappa shape index (κ3) is 4.16. The highest BCUT2D eigenvalue weighted by molar-refractivity contribution is 6.22. The monoisotopic (exact) mass is 501 g/mol. The number of rotatable bonds is 6. The first-order valence-electron chi connectivity index (χ1n) is 12.1. The summed E-state index contributed by atoms with van der Waals surface area (Å²) < 4.78 is 10.9. The summed E-state index contributed by atoms with van der Waals surface area (Å²) >= 11 is 0. The van der Waals surface area contributed by atoms with Crippen LogP contribution in [-0.2, 0) is 16.0 Å². The van der Waals surface area contributed by atoms with Crippen molar-refractivity contribution in [3.8, 4) is 11.5 Å². The Morgan fingerprint density at radius 1 is 0.973 bits per heavy atom. The Morgan fingerprint density at radius 3 is 2.35 bits per heavy atom. The van der Waals surface area contributed by atoms with Crippen LogP contribution in [0.1, 0.15) is 42.0 Å². The zero-order chi connectivity index (χ0) is 26.3. The minimum atomic E-state index is -0.599. The number of carbonyl (C=O) groups excluding carboxylic acids is 2. The van der Waals surface area contributed by atoms with Crippen molar-refractivity contribution in [1.29, 1.82) is 0 Å². The quantitative estimate of drug-likeness (QED) is 0.272. The van der Waals surface area contributed by atoms with Gasteiger partial charge in [-0.15, -0.1) is 0 Å². The van der Waals surface area contributed by atoms with Gasteiger partial charge in [0, 0.05) is 19.0 Å². The molecule has 3 aromatic carbocycles. The van der Waals surface area contributed by atoms with Crippen molar-refractivity contribution in [2.24, 2.45) is 0 Å². The van der Waals surface area contributed by atoms with Crippen molar-refractivity contribution in [3.63, 3.8) is 0 Å². The fourth-order valence-corrected chi connectivity index (χ4v) is 5.36. The number of amides is 2. The topological polar surface area (TPSA) is 102 Å². The number of fused-ring (bicyclic) bond motifs is 1. The number of nitro groups is 1. The SMILES string of the molecule is COc1cc2c(cc1OC)[C@H](C)N(c1ccc(N3C(=O)C[C@H](c4ccccc4)C3=O)cc1[N+](=O)[O-])CC2. The lowest BCUT2D eigenvalue weighted by molar-refractivity contribution is -0.384. The first kappa shape index (κ1) is 24.3. The maximum Gasteiger partial charge on any atom is 0.294 e. The van der Waals surface area contributed by atoms with Gasteiger partial charge in [0.15, 0.2) is 11.5 Å². The maximum absolute atomic E-state index is 13.2. The number of hydrogen-bond donors (Lipinski definition) is 0. The second-order valence-electron chi connectivity index (χ2n) is 9.19. The van der Waals surface area contributed by atoms with E-state index in [4.69, 9.17) is 9.47 Å². The molecule has 2 heterocycles. The summed E-state index contributed by atoms with van der Waals surface area (Å²) in [4.78, 5) is 40.8. The molecule has 0 aromatic heterocycles. The highest BCUT2D eigenvalue weighted by Gasteiger charge is 2.41. The van der Waals surface area contributed by atoms with Crippen molar-refractivity contribution in [2.75, 3.05) is 30.6 Å². The Balaban J connectivity index is 1.49. The van der Waals surface area contributed by atoms with Gasteiger partial charge >= 0.3 is 0 Å². The lowest BCUT2D eigenvalue weighted by Gasteiger charge is -2.37. The Hall–Kier alpha value is -4.40. The van der Waals surface area contributed by atoms with Gasteiger partial charge < -0.3 is 14.4 Å². The van der Waals surface area contributed by atoms with Gasteiger partial charge in [-0.25, -0.2) is 4.90 Å². The standard InChI is InChI=1S/C28H27N3O6/c1-17-21-15-26(37-3)25(36-2)13-19(21)11-12-29(17)23-10-9-20(14-24(23)31(34)35)30-27(32)16-22(28(30)33)18-7-5-4-6-8-18/h4-10,13-15,17,22H,11-12,16H2,1-3H3/t17-,22+/m0/s1. The van der Waals surface area contributed by atoms with Gasteiger partial charge in [-0.3, -0.25) is 19.7 Å². The van der Waals surface area contributed by atoms with Crippen LogP contribution in [0.3, 0.4) is 0 Å². The van der Waals surface area contributed by atoms with E-state index in [1.54, 1.807) is 26.4 Å². The Kier molecular flexibility index (Phi) is 6.29. The van der Waals surface area contributed by atoms with E-state index in [0.29, 0.717) is 30.2 Å². The number of benzene rings is 3. The molecule has 0 unspecified atom stereocenters. The number of carbonyl (C=O) groups is 2. The zero-order valence-corrected chi connectivity index (χ0v) is 20.8. The number of anilines is 2. The van der Waals surface area contributed by atoms with Crippen molar-refractivity contribution in [1.82, 2.24) is 0 Å². The van der Waals surface area contributed by atoms with Crippen LogP contribution >= 0.6 is 0 Å². The van der Waals surface area contributed by atoms with Gasteiger partial charge in [0.2, 0.25) is 11.8 Å². The van der Waals surface area contributed by atoms with Gasteiger partial charge in [0.25, 0.3) is 5.69 Å². The fourth-order valence-electron chi connectivity index (χ4n) is 5.36. The molecule has 37 heavy (non-hydrogen) atoms. The third-order valence-electron chi connectivity index (χ3n) is 7.26. The molecule has 0 spiro atoms. The molecule has 2 atom stereocenters. The molecule has 2 aliphatic heterocycles. The molecule has 9 nitrogen and oxygen atoms in total. The molecule has 0 saturated carbocycles. The molecule has 9 heteroatoms. The first-order chi connectivity index (χ1) is 17.8. The van der Waals surface area contributed by atoms with Gasteiger partial charge in [0.1, 0.15) is 5.69 Å². The van der Waals surface area contributed by atoms with E-state index in [9.17, 15) is 19.7 Å². The zero-order valence-electron chi connectivity index (χ0n) is 20.8. The minimum Gasteiger partial charge on any atom is -0.493 e. The van der Waals surface area contributed by atoms with Crippen molar-refractivity contribution in [3.05, 3.63) is 87.5 Å². The molecule has 5 rings (SSSR count). The molecule has 0 bridgehead atoms. The lowest BCUT2D eigenvalue weighted by atomic mass is 9.92. The summed E-state index contributed by atoms with van der Waals surface area (Å²) in [6, 6.07) is 17.4. The van der Waals surface area contributed by atoms with E-state index in [1.165, 1.54) is 6.07 Å². The summed E-state index contributed by atoms with van der Waals surface area (Å²) in [5, 5.41) is 12.2. The molecule has 2 amide bonds. The Labute approximate surface area is 214 Å². The predicted molar refractivity (Wildman–Crippen MR) is 138 cm³/mol. The van der Waals surface area contributed by atoms with E-state index in [0.717, 1.165) is 21.6 Å². The minimum absolute atomic E-state index is 0.0314.